The van der Waals surface area contributed by atoms with E-state index in [1.807, 2.05) is 0 Å². The third-order valence-electron chi connectivity index (χ3n) is 2.63. The van der Waals surface area contributed by atoms with Gasteiger partial charge in [-0.15, -0.1) is 0 Å². The van der Waals surface area contributed by atoms with Gasteiger partial charge in [0.25, 0.3) is 5.24 Å². The van der Waals surface area contributed by atoms with Crippen LogP contribution in [0, 0.1) is 0 Å². The normalized spacial score (nSPS) is 13.7. The Bertz CT molecular complexity index is 684. The van der Waals surface area contributed by atoms with Gasteiger partial charge in [0.2, 0.25) is 0 Å². The van der Waals surface area contributed by atoms with E-state index in [0.29, 0.717) is 28.4 Å². The van der Waals surface area contributed by atoms with Crippen molar-refractivity contribution in [2.75, 3.05) is 11.9 Å². The molecule has 0 saturated heterocycles. The molecule has 1 aromatic carbocycles. The van der Waals surface area contributed by atoms with Gasteiger partial charge in [-0.2, -0.15) is 9.93 Å². The molecule has 0 unspecified atom stereocenters. The average Bonchev–Trinajstić information content (AvgIpc) is 2.53. The van der Waals surface area contributed by atoms with E-state index < -0.39 is 17.3 Å². The van der Waals surface area contributed by atoms with Gasteiger partial charge in [-0.1, -0.05) is 23.7 Å². The molecule has 12 heteroatoms. The van der Waals surface area contributed by atoms with Crippen LogP contribution in [0.3, 0.4) is 0 Å². The molecule has 0 atom stereocenters. The first kappa shape index (κ1) is 17.8. The Hall–Kier alpha value is -2.50. The molecule has 1 aromatic rings. The second-order valence-corrected chi connectivity index (χ2v) is 5.70. The van der Waals surface area contributed by atoms with Crippen molar-refractivity contribution in [2.45, 2.75) is 6.92 Å². The number of hydrazine groups is 2. The topological polar surface area (TPSA) is 127 Å². The molecule has 5 amide bonds. The van der Waals surface area contributed by atoms with Crippen molar-refractivity contribution in [3.05, 3.63) is 29.3 Å². The van der Waals surface area contributed by atoms with E-state index in [1.54, 1.807) is 31.2 Å². The number of para-hydroxylation sites is 1. The molecule has 24 heavy (non-hydrogen) atoms. The monoisotopic (exact) mass is 371 g/mol. The molecule has 0 aromatic heterocycles. The highest BCUT2D eigenvalue weighted by Crippen LogP contribution is 2.21. The van der Waals surface area contributed by atoms with Gasteiger partial charge in [0.05, 0.1) is 23.0 Å². The first-order chi connectivity index (χ1) is 11.5. The predicted molar refractivity (Wildman–Crippen MR) is 91.2 cm³/mol. The minimum absolute atomic E-state index is 0.152. The fourth-order valence-electron chi connectivity index (χ4n) is 1.60. The zero-order valence-electron chi connectivity index (χ0n) is 12.4. The zero-order valence-corrected chi connectivity index (χ0v) is 14.0. The Labute approximate surface area is 146 Å². The summed E-state index contributed by atoms with van der Waals surface area (Å²) >= 11 is 6.51. The molecule has 128 valence electrons. The minimum Gasteiger partial charge on any atom is -0.314 e. The lowest BCUT2D eigenvalue weighted by atomic mass is 10.3. The van der Waals surface area contributed by atoms with Crippen LogP contribution in [0.25, 0.3) is 0 Å². The number of hydrogen-bond acceptors (Lipinski definition) is 6. The van der Waals surface area contributed by atoms with Crippen LogP contribution in [0.2, 0.25) is 5.02 Å². The third-order valence-corrected chi connectivity index (χ3v) is 3.45. The summed E-state index contributed by atoms with van der Waals surface area (Å²) in [5.41, 5.74) is 7.79. The summed E-state index contributed by atoms with van der Waals surface area (Å²) in [5, 5.41) is 7.21. The van der Waals surface area contributed by atoms with E-state index in [2.05, 4.69) is 31.5 Å². The molecule has 1 heterocycles. The number of benzene rings is 1. The molecule has 2 rings (SSSR count). The number of amides is 5. The number of nitrogens with one attached hydrogen (secondary N) is 5. The molecular formula is C12H14ClN7O3S. The molecule has 5 N–H and O–H groups in total. The molecule has 1 aliphatic heterocycles. The van der Waals surface area contributed by atoms with E-state index in [9.17, 15) is 14.4 Å². The van der Waals surface area contributed by atoms with Gasteiger partial charge in [0, 0.05) is 11.9 Å². The number of anilines is 1. The maximum absolute atomic E-state index is 11.7. The van der Waals surface area contributed by atoms with Crippen LogP contribution in [-0.4, -0.2) is 34.6 Å². The van der Waals surface area contributed by atoms with Crippen LogP contribution < -0.4 is 26.4 Å². The van der Waals surface area contributed by atoms with Crippen molar-refractivity contribution in [3.8, 4) is 0 Å². The largest absolute Gasteiger partial charge is 0.356 e. The lowest BCUT2D eigenvalue weighted by Crippen LogP contribution is -2.57. The molecule has 10 nitrogen and oxygen atoms in total. The van der Waals surface area contributed by atoms with E-state index in [-0.39, 0.29) is 6.54 Å². The standard InChI is InChI=1S/C12H14ClN7O3S/c1-7-6-20(11(22)17-15-7)18-10(21)16-19-24-12(23)14-9-5-3-2-4-8(9)13/h2-5,19H,6H2,1H3,(H,14,23)(H,17,22)(H2,16,18,21). The number of nitrogens with zero attached hydrogens (tertiary/aromatic N) is 2. The molecule has 0 bridgehead atoms. The highest BCUT2D eigenvalue weighted by Gasteiger charge is 2.20. The summed E-state index contributed by atoms with van der Waals surface area (Å²) in [6.45, 7) is 1.85. The Morgan fingerprint density at radius 1 is 1.38 bits per heavy atom. The number of rotatable bonds is 4. The quantitative estimate of drug-likeness (QED) is 0.406. The number of carbonyl (C=O) groups excluding carboxylic acids is 3. The number of hydrazone groups is 1. The summed E-state index contributed by atoms with van der Waals surface area (Å²) in [5.74, 6) is 0. The first-order valence-corrected chi connectivity index (χ1v) is 7.80. The van der Waals surface area contributed by atoms with E-state index >= 15 is 0 Å². The summed E-state index contributed by atoms with van der Waals surface area (Å²) in [4.78, 5) is 37.2. The Balaban J connectivity index is 1.71. The Morgan fingerprint density at radius 3 is 2.88 bits per heavy atom. The number of hydrogen-bond donors (Lipinski definition) is 5. The minimum atomic E-state index is -0.724. The van der Waals surface area contributed by atoms with Gasteiger partial charge >= 0.3 is 12.1 Å². The third kappa shape index (κ3) is 5.30. The van der Waals surface area contributed by atoms with Crippen LogP contribution in [0.15, 0.2) is 29.4 Å². The van der Waals surface area contributed by atoms with Crippen LogP contribution in [0.4, 0.5) is 20.1 Å². The molecular weight excluding hydrogens is 358 g/mol. The summed E-state index contributed by atoms with van der Waals surface area (Å²) in [6.07, 6.45) is 0. The van der Waals surface area contributed by atoms with Gasteiger partial charge in [0.1, 0.15) is 0 Å². The first-order valence-electron chi connectivity index (χ1n) is 6.60. The fraction of sp³-hybridized carbons (Fsp3) is 0.167. The van der Waals surface area contributed by atoms with Crippen LogP contribution >= 0.6 is 23.5 Å². The fourth-order valence-corrected chi connectivity index (χ4v) is 2.18. The van der Waals surface area contributed by atoms with E-state index in [1.165, 1.54) is 0 Å². The second kappa shape index (κ2) is 8.38. The van der Waals surface area contributed by atoms with Crippen molar-refractivity contribution >= 4 is 52.2 Å². The number of carbonyl (C=O) groups is 3. The van der Waals surface area contributed by atoms with Gasteiger partial charge in [0.15, 0.2) is 0 Å². The van der Waals surface area contributed by atoms with Crippen LogP contribution in [0.5, 0.6) is 0 Å². The molecule has 0 fully saturated rings. The predicted octanol–water partition coefficient (Wildman–Crippen LogP) is 1.64. The van der Waals surface area contributed by atoms with E-state index in [0.717, 1.165) is 5.01 Å². The van der Waals surface area contributed by atoms with Crippen molar-refractivity contribution < 1.29 is 14.4 Å². The number of halogens is 1. The van der Waals surface area contributed by atoms with Crippen LogP contribution in [-0.2, 0) is 0 Å². The highest BCUT2D eigenvalue weighted by atomic mass is 35.5. The van der Waals surface area contributed by atoms with Gasteiger partial charge in [-0.25, -0.2) is 25.4 Å². The smallest absolute Gasteiger partial charge is 0.314 e. The van der Waals surface area contributed by atoms with Crippen molar-refractivity contribution in [1.29, 1.82) is 0 Å². The molecule has 1 aliphatic rings. The molecule has 0 radical (unpaired) electrons. The maximum atomic E-state index is 11.7. The van der Waals surface area contributed by atoms with E-state index in [4.69, 9.17) is 11.6 Å². The molecule has 0 spiro atoms. The lowest BCUT2D eigenvalue weighted by Gasteiger charge is -2.25. The summed E-state index contributed by atoms with van der Waals surface area (Å²) in [7, 11) is 0. The number of urea groups is 2. The van der Waals surface area contributed by atoms with Crippen molar-refractivity contribution in [3.63, 3.8) is 0 Å². The van der Waals surface area contributed by atoms with Crippen molar-refractivity contribution in [1.82, 2.24) is 26.1 Å². The van der Waals surface area contributed by atoms with Crippen LogP contribution in [0.1, 0.15) is 6.92 Å². The lowest BCUT2D eigenvalue weighted by molar-refractivity contribution is 0.172. The molecule has 0 saturated carbocycles. The van der Waals surface area contributed by atoms with Gasteiger partial charge < -0.3 is 5.32 Å². The van der Waals surface area contributed by atoms with Gasteiger partial charge in [-0.3, -0.25) is 10.2 Å². The Kier molecular flexibility index (Phi) is 6.23. The van der Waals surface area contributed by atoms with Crippen molar-refractivity contribution in [2.24, 2.45) is 5.10 Å². The highest BCUT2D eigenvalue weighted by molar-refractivity contribution is 8.12. The molecule has 0 aliphatic carbocycles. The average molecular weight is 372 g/mol. The Morgan fingerprint density at radius 2 is 2.12 bits per heavy atom. The van der Waals surface area contributed by atoms with Gasteiger partial charge in [-0.05, 0) is 19.1 Å². The summed E-state index contributed by atoms with van der Waals surface area (Å²) < 4.78 is 0. The SMILES string of the molecule is CC1=NNC(=O)N(NC(=O)NNSC(=O)Nc2ccccc2Cl)C1. The maximum Gasteiger partial charge on any atom is 0.356 e. The summed E-state index contributed by atoms with van der Waals surface area (Å²) in [6, 6.07) is 5.44. The second-order valence-electron chi connectivity index (χ2n) is 4.51. The zero-order chi connectivity index (χ0) is 17.5.